The van der Waals surface area contributed by atoms with E-state index in [1.807, 2.05) is 6.07 Å². The molecular weight excluding hydrogens is 250 g/mol. The number of amides is 1. The van der Waals surface area contributed by atoms with Gasteiger partial charge >= 0.3 is 5.97 Å². The van der Waals surface area contributed by atoms with E-state index in [1.165, 1.54) is 21.8 Å². The molecule has 3 rings (SSSR count). The number of thiophene rings is 1. The van der Waals surface area contributed by atoms with Gasteiger partial charge in [0.1, 0.15) is 6.54 Å². The van der Waals surface area contributed by atoms with Crippen molar-refractivity contribution in [3.8, 4) is 0 Å². The molecule has 2 aliphatic rings. The minimum Gasteiger partial charge on any atom is -0.480 e. The molecule has 1 aromatic heterocycles. The number of hydrogen-bond donors (Lipinski definition) is 1. The number of rotatable bonds is 4. The van der Waals surface area contributed by atoms with Crippen molar-refractivity contribution in [3.63, 3.8) is 0 Å². The third-order valence-corrected chi connectivity index (χ3v) is 4.74. The van der Waals surface area contributed by atoms with Crippen LogP contribution < -0.4 is 0 Å². The minimum atomic E-state index is -0.931. The molecule has 0 aliphatic heterocycles. The van der Waals surface area contributed by atoms with Crippen LogP contribution in [0, 0.1) is 0 Å². The lowest BCUT2D eigenvalue weighted by molar-refractivity contribution is -0.137. The Morgan fingerprint density at radius 3 is 2.78 bits per heavy atom. The van der Waals surface area contributed by atoms with Crippen LogP contribution in [0.3, 0.4) is 0 Å². The van der Waals surface area contributed by atoms with Gasteiger partial charge in [-0.3, -0.25) is 9.59 Å². The van der Waals surface area contributed by atoms with Gasteiger partial charge in [0.2, 0.25) is 0 Å². The zero-order valence-electron chi connectivity index (χ0n) is 10.0. The van der Waals surface area contributed by atoms with E-state index in [-0.39, 0.29) is 18.5 Å². The van der Waals surface area contributed by atoms with E-state index >= 15 is 0 Å². The predicted molar refractivity (Wildman–Crippen MR) is 68.0 cm³/mol. The second-order valence-corrected chi connectivity index (χ2v) is 6.11. The number of aryl methyl sites for hydroxylation is 2. The highest BCUT2D eigenvalue weighted by atomic mass is 32.1. The first-order valence-corrected chi connectivity index (χ1v) is 7.11. The maximum Gasteiger partial charge on any atom is 0.323 e. The minimum absolute atomic E-state index is 0.0979. The van der Waals surface area contributed by atoms with E-state index in [0.717, 1.165) is 25.7 Å². The number of carboxylic acids is 1. The first kappa shape index (κ1) is 11.7. The molecule has 5 heteroatoms. The number of carboxylic acid groups (broad SMARTS) is 1. The molecule has 4 nitrogen and oxygen atoms in total. The van der Waals surface area contributed by atoms with Crippen LogP contribution in [0.25, 0.3) is 0 Å². The van der Waals surface area contributed by atoms with Crippen LogP contribution in [0.15, 0.2) is 6.07 Å². The molecule has 1 aromatic rings. The molecule has 1 amide bonds. The van der Waals surface area contributed by atoms with Crippen molar-refractivity contribution in [1.82, 2.24) is 4.90 Å². The van der Waals surface area contributed by atoms with Crippen molar-refractivity contribution in [2.24, 2.45) is 0 Å². The summed E-state index contributed by atoms with van der Waals surface area (Å²) in [7, 11) is 0. The Balaban J connectivity index is 1.80. The van der Waals surface area contributed by atoms with Gasteiger partial charge in [0.15, 0.2) is 0 Å². The average Bonchev–Trinajstić information content (AvgIpc) is 2.92. The second-order valence-electron chi connectivity index (χ2n) is 4.97. The number of nitrogens with zero attached hydrogens (tertiary/aromatic N) is 1. The first-order chi connectivity index (χ1) is 8.65. The number of aliphatic carboxylic acids is 1. The third-order valence-electron chi connectivity index (χ3n) is 3.51. The van der Waals surface area contributed by atoms with Crippen molar-refractivity contribution in [3.05, 3.63) is 21.4 Å². The standard InChI is InChI=1S/C13H15NO3S/c15-12(16)7-14(9-4-5-9)13(17)11-6-8-2-1-3-10(8)18-11/h6,9H,1-5,7H2,(H,15,16). The summed E-state index contributed by atoms with van der Waals surface area (Å²) >= 11 is 1.55. The zero-order chi connectivity index (χ0) is 12.7. The third kappa shape index (κ3) is 2.14. The quantitative estimate of drug-likeness (QED) is 0.905. The molecule has 1 saturated carbocycles. The fraction of sp³-hybridized carbons (Fsp3) is 0.538. The van der Waals surface area contributed by atoms with E-state index < -0.39 is 5.97 Å². The Kier molecular flexibility index (Phi) is 2.86. The highest BCUT2D eigenvalue weighted by Crippen LogP contribution is 2.34. The van der Waals surface area contributed by atoms with E-state index in [9.17, 15) is 9.59 Å². The highest BCUT2D eigenvalue weighted by Gasteiger charge is 2.35. The lowest BCUT2D eigenvalue weighted by atomic mass is 10.2. The van der Waals surface area contributed by atoms with Gasteiger partial charge in [-0.2, -0.15) is 0 Å². The lowest BCUT2D eigenvalue weighted by Crippen LogP contribution is -2.37. The average molecular weight is 265 g/mol. The summed E-state index contributed by atoms with van der Waals surface area (Å²) in [6, 6.07) is 2.11. The van der Waals surface area contributed by atoms with Gasteiger partial charge in [-0.25, -0.2) is 0 Å². The topological polar surface area (TPSA) is 57.6 Å². The Bertz CT molecular complexity index is 483. The zero-order valence-corrected chi connectivity index (χ0v) is 10.8. The predicted octanol–water partition coefficient (Wildman–Crippen LogP) is 1.93. The van der Waals surface area contributed by atoms with Crippen molar-refractivity contribution in [2.75, 3.05) is 6.54 Å². The van der Waals surface area contributed by atoms with E-state index in [0.29, 0.717) is 4.88 Å². The molecular formula is C13H15NO3S. The lowest BCUT2D eigenvalue weighted by Gasteiger charge is -2.19. The highest BCUT2D eigenvalue weighted by molar-refractivity contribution is 7.14. The van der Waals surface area contributed by atoms with Gasteiger partial charge in [-0.05, 0) is 43.7 Å². The first-order valence-electron chi connectivity index (χ1n) is 6.29. The summed E-state index contributed by atoms with van der Waals surface area (Å²) in [6.07, 6.45) is 5.17. The Labute approximate surface area is 109 Å². The molecule has 1 heterocycles. The van der Waals surface area contributed by atoms with Gasteiger partial charge < -0.3 is 10.0 Å². The SMILES string of the molecule is O=C(O)CN(C(=O)c1cc2c(s1)CCC2)C1CC1. The van der Waals surface area contributed by atoms with Gasteiger partial charge in [-0.15, -0.1) is 11.3 Å². The largest absolute Gasteiger partial charge is 0.480 e. The second kappa shape index (κ2) is 4.39. The smallest absolute Gasteiger partial charge is 0.323 e. The van der Waals surface area contributed by atoms with Crippen molar-refractivity contribution in [2.45, 2.75) is 38.1 Å². The van der Waals surface area contributed by atoms with E-state index in [2.05, 4.69) is 0 Å². The molecule has 0 bridgehead atoms. The summed E-state index contributed by atoms with van der Waals surface area (Å²) in [5, 5.41) is 8.88. The maximum absolute atomic E-state index is 12.3. The molecule has 0 saturated heterocycles. The Hall–Kier alpha value is -1.36. The normalized spacial score (nSPS) is 17.6. The molecule has 0 spiro atoms. The van der Waals surface area contributed by atoms with Crippen LogP contribution >= 0.6 is 11.3 Å². The molecule has 2 aliphatic carbocycles. The van der Waals surface area contributed by atoms with E-state index in [1.54, 1.807) is 11.3 Å². The molecule has 18 heavy (non-hydrogen) atoms. The van der Waals surface area contributed by atoms with E-state index in [4.69, 9.17) is 5.11 Å². The van der Waals surface area contributed by atoms with Crippen molar-refractivity contribution < 1.29 is 14.7 Å². The number of hydrogen-bond acceptors (Lipinski definition) is 3. The molecule has 1 fully saturated rings. The van der Waals surface area contributed by atoms with Crippen LogP contribution in [-0.4, -0.2) is 34.5 Å². The summed E-state index contributed by atoms with van der Waals surface area (Å²) < 4.78 is 0. The van der Waals surface area contributed by atoms with Gasteiger partial charge in [0.25, 0.3) is 5.91 Å². The summed E-state index contributed by atoms with van der Waals surface area (Å²) in [4.78, 5) is 26.7. The van der Waals surface area contributed by atoms with Crippen LogP contribution in [0.4, 0.5) is 0 Å². The van der Waals surface area contributed by atoms with Gasteiger partial charge in [0.05, 0.1) is 4.88 Å². The van der Waals surface area contributed by atoms with Crippen LogP contribution in [0.2, 0.25) is 0 Å². The van der Waals surface area contributed by atoms with Crippen LogP contribution in [0.1, 0.15) is 39.4 Å². The summed E-state index contributed by atoms with van der Waals surface area (Å²) in [5.74, 6) is -1.03. The molecule has 0 radical (unpaired) electrons. The Morgan fingerprint density at radius 2 is 2.17 bits per heavy atom. The fourth-order valence-electron chi connectivity index (χ4n) is 2.47. The molecule has 0 atom stereocenters. The van der Waals surface area contributed by atoms with Crippen LogP contribution in [-0.2, 0) is 17.6 Å². The molecule has 96 valence electrons. The number of fused-ring (bicyclic) bond motifs is 1. The monoisotopic (exact) mass is 265 g/mol. The molecule has 1 N–H and O–H groups in total. The number of carbonyl (C=O) groups excluding carboxylic acids is 1. The van der Waals surface area contributed by atoms with Gasteiger partial charge in [0, 0.05) is 10.9 Å². The number of carbonyl (C=O) groups is 2. The molecule has 0 unspecified atom stereocenters. The van der Waals surface area contributed by atoms with Crippen molar-refractivity contribution >= 4 is 23.2 Å². The van der Waals surface area contributed by atoms with Crippen molar-refractivity contribution in [1.29, 1.82) is 0 Å². The fourth-order valence-corrected chi connectivity index (χ4v) is 3.68. The summed E-state index contributed by atoms with van der Waals surface area (Å²) in [5.41, 5.74) is 1.29. The van der Waals surface area contributed by atoms with Crippen LogP contribution in [0.5, 0.6) is 0 Å². The van der Waals surface area contributed by atoms with Gasteiger partial charge in [-0.1, -0.05) is 0 Å². The Morgan fingerprint density at radius 1 is 1.39 bits per heavy atom. The molecule has 0 aromatic carbocycles. The maximum atomic E-state index is 12.3. The summed E-state index contributed by atoms with van der Waals surface area (Å²) in [6.45, 7) is -0.175.